The zero-order chi connectivity index (χ0) is 24.6. The summed E-state index contributed by atoms with van der Waals surface area (Å²) in [6.07, 6.45) is 0. The molecule has 1 amide bonds. The van der Waals surface area contributed by atoms with Crippen LogP contribution in [0.5, 0.6) is 11.5 Å². The minimum absolute atomic E-state index is 0.0408. The molecule has 7 nitrogen and oxygen atoms in total. The average molecular weight is 528 g/mol. The average Bonchev–Trinajstić information content (AvgIpc) is 3.30. The number of amidine groups is 1. The Kier molecular flexibility index (Phi) is 6.48. The van der Waals surface area contributed by atoms with Gasteiger partial charge in [0.25, 0.3) is 5.91 Å². The van der Waals surface area contributed by atoms with Crippen LogP contribution in [0.15, 0.2) is 71.7 Å². The maximum Gasteiger partial charge on any atom is 0.255 e. The number of carbonyl (C=O) groups excluding carboxylic acids is 1. The number of thioether (sulfide) groups is 1. The molecular formula is C25H22ClN3O4S2. The summed E-state index contributed by atoms with van der Waals surface area (Å²) in [4.78, 5) is 17.4. The topological polar surface area (TPSA) is 96.9 Å². The van der Waals surface area contributed by atoms with Crippen molar-refractivity contribution in [3.8, 4) is 11.5 Å². The monoisotopic (exact) mass is 527 g/mol. The molecule has 2 N–H and O–H groups in total. The van der Waals surface area contributed by atoms with Gasteiger partial charge in [0.05, 0.1) is 17.5 Å². The van der Waals surface area contributed by atoms with Crippen LogP contribution in [0.3, 0.4) is 0 Å². The van der Waals surface area contributed by atoms with Gasteiger partial charge >= 0.3 is 0 Å². The van der Waals surface area contributed by atoms with Gasteiger partial charge in [0.1, 0.15) is 11.5 Å². The number of ether oxygens (including phenoxy) is 1. The van der Waals surface area contributed by atoms with E-state index in [0.717, 1.165) is 11.3 Å². The summed E-state index contributed by atoms with van der Waals surface area (Å²) in [6.45, 7) is 1.94. The molecule has 180 valence electrons. The number of amides is 1. The number of carbonyl (C=O) groups is 1. The van der Waals surface area contributed by atoms with E-state index in [0.29, 0.717) is 32.9 Å². The summed E-state index contributed by atoms with van der Waals surface area (Å²) in [5, 5.41) is 7.45. The predicted octanol–water partition coefficient (Wildman–Crippen LogP) is 5.37. The Morgan fingerprint density at radius 1 is 1.03 bits per heavy atom. The first-order chi connectivity index (χ1) is 16.7. The number of fused-ring (bicyclic) bond motifs is 1. The molecule has 10 heteroatoms. The van der Waals surface area contributed by atoms with Crippen LogP contribution in [0.2, 0.25) is 5.02 Å². The van der Waals surface area contributed by atoms with E-state index in [2.05, 4.69) is 15.6 Å². The summed E-state index contributed by atoms with van der Waals surface area (Å²) in [7, 11) is -3.00. The zero-order valence-corrected chi connectivity index (χ0v) is 21.1. The molecular weight excluding hydrogens is 506 g/mol. The molecule has 2 heterocycles. The molecule has 3 aromatic rings. The molecule has 0 bridgehead atoms. The van der Waals surface area contributed by atoms with Crippen LogP contribution in [-0.4, -0.2) is 42.3 Å². The van der Waals surface area contributed by atoms with E-state index in [9.17, 15) is 13.2 Å². The maximum atomic E-state index is 12.9. The fourth-order valence-electron chi connectivity index (χ4n) is 3.88. The normalized spacial score (nSPS) is 20.1. The van der Waals surface area contributed by atoms with E-state index in [1.54, 1.807) is 60.7 Å². The highest BCUT2D eigenvalue weighted by Gasteiger charge is 2.42. The highest BCUT2D eigenvalue weighted by molar-refractivity contribution is 8.15. The summed E-state index contributed by atoms with van der Waals surface area (Å²) in [5.74, 6) is 1.31. The Hall–Kier alpha value is -3.01. The van der Waals surface area contributed by atoms with Gasteiger partial charge in [-0.2, -0.15) is 0 Å². The fourth-order valence-corrected chi connectivity index (χ4v) is 7.67. The number of nitrogens with one attached hydrogen (secondary N) is 2. The van der Waals surface area contributed by atoms with Gasteiger partial charge in [-0.05, 0) is 73.2 Å². The van der Waals surface area contributed by atoms with E-state index in [-0.39, 0.29) is 28.7 Å². The summed E-state index contributed by atoms with van der Waals surface area (Å²) in [5.41, 5.74) is 2.85. The number of hydrogen-bond acceptors (Lipinski definition) is 7. The molecule has 0 aromatic heterocycles. The molecule has 0 radical (unpaired) electrons. The first-order valence-corrected chi connectivity index (χ1v) is 14.0. The van der Waals surface area contributed by atoms with Gasteiger partial charge in [0, 0.05) is 27.2 Å². The summed E-state index contributed by atoms with van der Waals surface area (Å²) < 4.78 is 29.4. The molecule has 2 aliphatic rings. The van der Waals surface area contributed by atoms with Gasteiger partial charge in [0.2, 0.25) is 0 Å². The molecule has 2 aliphatic heterocycles. The molecule has 35 heavy (non-hydrogen) atoms. The minimum atomic E-state index is -3.00. The van der Waals surface area contributed by atoms with Crippen molar-refractivity contribution in [2.24, 2.45) is 4.99 Å². The summed E-state index contributed by atoms with van der Waals surface area (Å²) >= 11 is 7.34. The van der Waals surface area contributed by atoms with Crippen molar-refractivity contribution in [2.45, 2.75) is 18.2 Å². The van der Waals surface area contributed by atoms with Gasteiger partial charge in [-0.1, -0.05) is 29.4 Å². The van der Waals surface area contributed by atoms with Gasteiger partial charge < -0.3 is 15.4 Å². The van der Waals surface area contributed by atoms with Crippen molar-refractivity contribution in [1.82, 2.24) is 0 Å². The van der Waals surface area contributed by atoms with Crippen molar-refractivity contribution in [2.75, 3.05) is 22.1 Å². The van der Waals surface area contributed by atoms with Crippen molar-refractivity contribution in [3.63, 3.8) is 0 Å². The smallest absolute Gasteiger partial charge is 0.255 e. The molecule has 3 aromatic carbocycles. The van der Waals surface area contributed by atoms with Crippen LogP contribution in [0.25, 0.3) is 0 Å². The summed E-state index contributed by atoms with van der Waals surface area (Å²) in [6, 6.07) is 19.4. The van der Waals surface area contributed by atoms with Crippen LogP contribution in [0.1, 0.15) is 15.9 Å². The van der Waals surface area contributed by atoms with E-state index in [4.69, 9.17) is 16.3 Å². The number of halogens is 1. The molecule has 1 fully saturated rings. The molecule has 1 saturated heterocycles. The van der Waals surface area contributed by atoms with E-state index >= 15 is 0 Å². The van der Waals surface area contributed by atoms with Gasteiger partial charge in [0.15, 0.2) is 15.0 Å². The first-order valence-electron chi connectivity index (χ1n) is 10.9. The number of aryl methyl sites for hydroxylation is 1. The fraction of sp³-hybridized carbons (Fsp3) is 0.200. The van der Waals surface area contributed by atoms with Gasteiger partial charge in [-0.25, -0.2) is 8.42 Å². The lowest BCUT2D eigenvalue weighted by atomic mass is 10.1. The Bertz CT molecular complexity index is 1410. The second kappa shape index (κ2) is 9.56. The number of nitrogens with zero attached hydrogens (tertiary/aromatic N) is 1. The van der Waals surface area contributed by atoms with Crippen LogP contribution in [0, 0.1) is 6.92 Å². The predicted molar refractivity (Wildman–Crippen MR) is 142 cm³/mol. The largest absolute Gasteiger partial charge is 0.457 e. The highest BCUT2D eigenvalue weighted by atomic mass is 35.5. The van der Waals surface area contributed by atoms with Crippen molar-refractivity contribution >= 4 is 55.6 Å². The van der Waals surface area contributed by atoms with E-state index in [1.807, 2.05) is 13.0 Å². The molecule has 2 atom stereocenters. The number of rotatable bonds is 5. The Balaban J connectivity index is 1.23. The van der Waals surface area contributed by atoms with Crippen LogP contribution in [0.4, 0.5) is 11.4 Å². The molecule has 0 spiro atoms. The van der Waals surface area contributed by atoms with Crippen molar-refractivity contribution in [3.05, 3.63) is 82.9 Å². The third-order valence-electron chi connectivity index (χ3n) is 5.72. The minimum Gasteiger partial charge on any atom is -0.457 e. The number of anilines is 2. The van der Waals surface area contributed by atoms with Gasteiger partial charge in [-0.15, -0.1) is 0 Å². The van der Waals surface area contributed by atoms with Crippen molar-refractivity contribution in [1.29, 1.82) is 0 Å². The SMILES string of the molecule is Cc1ccc(C(=O)Nc2ccc(Oc3ccc(Cl)cc3)cc2)cc1NC1=NC2CS(=O)(=O)CC2S1. The van der Waals surface area contributed by atoms with Crippen LogP contribution >= 0.6 is 23.4 Å². The quantitative estimate of drug-likeness (QED) is 0.463. The van der Waals surface area contributed by atoms with Crippen LogP contribution < -0.4 is 15.4 Å². The van der Waals surface area contributed by atoms with Gasteiger partial charge in [-0.3, -0.25) is 9.79 Å². The Morgan fingerprint density at radius 3 is 2.40 bits per heavy atom. The lowest BCUT2D eigenvalue weighted by molar-refractivity contribution is 0.102. The maximum absolute atomic E-state index is 12.9. The van der Waals surface area contributed by atoms with E-state index in [1.165, 1.54) is 11.8 Å². The number of aliphatic imine (C=N–C) groups is 1. The molecule has 0 aliphatic carbocycles. The Labute approximate surface area is 212 Å². The number of sulfone groups is 1. The second-order valence-electron chi connectivity index (χ2n) is 8.42. The lowest BCUT2D eigenvalue weighted by Gasteiger charge is -2.12. The zero-order valence-electron chi connectivity index (χ0n) is 18.7. The highest BCUT2D eigenvalue weighted by Crippen LogP contribution is 2.35. The van der Waals surface area contributed by atoms with Crippen molar-refractivity contribution < 1.29 is 17.9 Å². The number of benzene rings is 3. The van der Waals surface area contributed by atoms with E-state index < -0.39 is 9.84 Å². The first kappa shape index (κ1) is 23.7. The molecule has 0 saturated carbocycles. The Morgan fingerprint density at radius 2 is 1.71 bits per heavy atom. The lowest BCUT2D eigenvalue weighted by Crippen LogP contribution is -2.14. The molecule has 5 rings (SSSR count). The standard InChI is InChI=1S/C25H22ClN3O4S2/c1-15-2-3-16(12-21(15)28-25-29-22-13-35(31,32)14-23(22)34-25)24(30)27-18-6-10-20(11-7-18)33-19-8-4-17(26)5-9-19/h2-12,22-23H,13-14H2,1H3,(H,27,30)(H,28,29). The number of hydrogen-bond donors (Lipinski definition) is 2. The second-order valence-corrected chi connectivity index (χ2v) is 12.2. The molecule has 2 unspecified atom stereocenters. The third-order valence-corrected chi connectivity index (χ3v) is 9.11. The third kappa shape index (κ3) is 5.63. The van der Waals surface area contributed by atoms with Crippen LogP contribution in [-0.2, 0) is 9.84 Å².